The molecule has 0 saturated carbocycles. The van der Waals surface area contributed by atoms with Gasteiger partial charge >= 0.3 is 0 Å². The molecular weight excluding hydrogens is 202 g/mol. The summed E-state index contributed by atoms with van der Waals surface area (Å²) in [6.45, 7) is 0. The molecule has 1 aromatic carbocycles. The summed E-state index contributed by atoms with van der Waals surface area (Å²) in [4.78, 5) is 0. The van der Waals surface area contributed by atoms with E-state index in [4.69, 9.17) is 5.73 Å². The zero-order chi connectivity index (χ0) is 10.9. The Kier molecular flexibility index (Phi) is 2.59. The molecule has 1 rings (SSSR count). The Hall–Kier alpha value is -1.79. The van der Waals surface area contributed by atoms with E-state index in [2.05, 4.69) is 10.9 Å². The minimum Gasteiger partial charge on any atom is -0.382 e. The minimum atomic E-state index is -1.63. The molecule has 1 aromatic rings. The zero-order valence-corrected chi connectivity index (χ0v) is 6.69. The van der Waals surface area contributed by atoms with Crippen molar-refractivity contribution in [1.29, 1.82) is 0 Å². The average molecular weight is 207 g/mol. The number of benzene rings is 1. The largest absolute Gasteiger partial charge is 0.382 e. The highest BCUT2D eigenvalue weighted by atomic mass is 19.2. The van der Waals surface area contributed by atoms with Crippen LogP contribution in [0.4, 0.5) is 17.6 Å². The molecule has 0 saturated heterocycles. The van der Waals surface area contributed by atoms with Gasteiger partial charge in [-0.1, -0.05) is 0 Å². The van der Waals surface area contributed by atoms with Crippen molar-refractivity contribution in [3.8, 4) is 0 Å². The molecule has 0 bridgehead atoms. The van der Waals surface area contributed by atoms with Crippen LogP contribution in [0.15, 0.2) is 11.2 Å². The molecule has 0 aliphatic rings. The number of hydrazone groups is 1. The second-order valence-corrected chi connectivity index (χ2v) is 2.36. The van der Waals surface area contributed by atoms with Gasteiger partial charge in [0.2, 0.25) is 0 Å². The Bertz CT molecular complexity index is 376. The third-order valence-electron chi connectivity index (χ3n) is 1.51. The number of nitrogens with zero attached hydrogens (tertiary/aromatic N) is 1. The molecule has 4 N–H and O–H groups in total. The number of rotatable bonds is 1. The Balaban J connectivity index is 3.55. The first-order chi connectivity index (χ1) is 6.49. The molecule has 0 radical (unpaired) electrons. The van der Waals surface area contributed by atoms with Crippen molar-refractivity contribution < 1.29 is 17.6 Å². The zero-order valence-electron chi connectivity index (χ0n) is 6.69. The summed E-state index contributed by atoms with van der Waals surface area (Å²) in [6, 6.07) is 0.0674. The Morgan fingerprint density at radius 3 is 1.86 bits per heavy atom. The van der Waals surface area contributed by atoms with E-state index < -0.39 is 34.7 Å². The second kappa shape index (κ2) is 3.52. The normalized spacial score (nSPS) is 11.9. The number of hydrogen-bond donors (Lipinski definition) is 2. The minimum absolute atomic E-state index is 0.0674. The summed E-state index contributed by atoms with van der Waals surface area (Å²) in [6.07, 6.45) is 0. The van der Waals surface area contributed by atoms with Crippen LogP contribution in [0.5, 0.6) is 0 Å². The van der Waals surface area contributed by atoms with Gasteiger partial charge in [0.05, 0.1) is 5.56 Å². The molecule has 0 fully saturated rings. The quantitative estimate of drug-likeness (QED) is 0.179. The van der Waals surface area contributed by atoms with Gasteiger partial charge in [0.15, 0.2) is 29.1 Å². The first-order valence-corrected chi connectivity index (χ1v) is 3.35. The predicted molar refractivity (Wildman–Crippen MR) is 41.2 cm³/mol. The second-order valence-electron chi connectivity index (χ2n) is 2.36. The summed E-state index contributed by atoms with van der Waals surface area (Å²) < 4.78 is 50.9. The summed E-state index contributed by atoms with van der Waals surface area (Å²) in [5, 5.41) is 2.74. The lowest BCUT2D eigenvalue weighted by atomic mass is 10.1. The molecule has 0 amide bonds. The number of hydrogen-bond acceptors (Lipinski definition) is 2. The molecule has 0 aliphatic heterocycles. The van der Waals surface area contributed by atoms with Crippen molar-refractivity contribution in [1.82, 2.24) is 0 Å². The van der Waals surface area contributed by atoms with Crippen LogP contribution in [-0.4, -0.2) is 5.84 Å². The van der Waals surface area contributed by atoms with Crippen LogP contribution in [0.3, 0.4) is 0 Å². The summed E-state index contributed by atoms with van der Waals surface area (Å²) in [5.74, 6) is -2.58. The average Bonchev–Trinajstić information content (AvgIpc) is 2.15. The van der Waals surface area contributed by atoms with E-state index in [0.717, 1.165) is 0 Å². The smallest absolute Gasteiger partial charge is 0.172 e. The fourth-order valence-corrected chi connectivity index (χ4v) is 0.863. The van der Waals surface area contributed by atoms with E-state index in [9.17, 15) is 17.6 Å². The van der Waals surface area contributed by atoms with E-state index >= 15 is 0 Å². The lowest BCUT2D eigenvalue weighted by molar-refractivity contribution is 0.451. The molecule has 0 heterocycles. The molecule has 76 valence electrons. The fraction of sp³-hybridized carbons (Fsp3) is 0. The van der Waals surface area contributed by atoms with Crippen LogP contribution < -0.4 is 11.6 Å². The van der Waals surface area contributed by atoms with Crippen molar-refractivity contribution >= 4 is 5.84 Å². The van der Waals surface area contributed by atoms with Gasteiger partial charge in [-0.3, -0.25) is 0 Å². The summed E-state index contributed by atoms with van der Waals surface area (Å²) in [5.41, 5.74) is 3.84. The van der Waals surface area contributed by atoms with Gasteiger partial charge in [0, 0.05) is 6.07 Å². The maximum absolute atomic E-state index is 12.9. The van der Waals surface area contributed by atoms with Crippen LogP contribution in [-0.2, 0) is 0 Å². The molecular formula is C7H5F4N3. The SMILES string of the molecule is N/N=C(/N)c1c(F)c(F)cc(F)c1F. The Morgan fingerprint density at radius 2 is 1.50 bits per heavy atom. The molecule has 0 unspecified atom stereocenters. The van der Waals surface area contributed by atoms with Crippen LogP contribution in [0.2, 0.25) is 0 Å². The van der Waals surface area contributed by atoms with Crippen LogP contribution in [0.1, 0.15) is 5.56 Å². The molecule has 3 nitrogen and oxygen atoms in total. The van der Waals surface area contributed by atoms with Gasteiger partial charge in [-0.15, -0.1) is 0 Å². The van der Waals surface area contributed by atoms with Crippen molar-refractivity contribution in [2.45, 2.75) is 0 Å². The third kappa shape index (κ3) is 1.48. The van der Waals surface area contributed by atoms with Gasteiger partial charge in [-0.05, 0) is 0 Å². The van der Waals surface area contributed by atoms with Crippen LogP contribution in [0.25, 0.3) is 0 Å². The highest BCUT2D eigenvalue weighted by molar-refractivity contribution is 5.97. The van der Waals surface area contributed by atoms with Crippen LogP contribution in [0, 0.1) is 23.3 Å². The van der Waals surface area contributed by atoms with Crippen molar-refractivity contribution in [2.75, 3.05) is 0 Å². The van der Waals surface area contributed by atoms with E-state index in [-0.39, 0.29) is 6.07 Å². The van der Waals surface area contributed by atoms with Gasteiger partial charge in [0.25, 0.3) is 0 Å². The number of nitrogens with two attached hydrogens (primary N) is 2. The number of amidine groups is 1. The van der Waals surface area contributed by atoms with Gasteiger partial charge in [-0.25, -0.2) is 17.6 Å². The fourth-order valence-electron chi connectivity index (χ4n) is 0.863. The van der Waals surface area contributed by atoms with Crippen molar-refractivity contribution in [3.05, 3.63) is 34.9 Å². The molecule has 0 spiro atoms. The van der Waals surface area contributed by atoms with Crippen LogP contribution >= 0.6 is 0 Å². The van der Waals surface area contributed by atoms with Crippen molar-refractivity contribution in [3.63, 3.8) is 0 Å². The molecule has 0 aromatic heterocycles. The standard InChI is InChI=1S/C7H5F4N3/c8-2-1-3(9)6(11)4(5(2)10)7(12)14-13/h1H,13H2,(H2,12,14). The first-order valence-electron chi connectivity index (χ1n) is 3.35. The topological polar surface area (TPSA) is 64.4 Å². The molecule has 0 atom stereocenters. The molecule has 14 heavy (non-hydrogen) atoms. The first kappa shape index (κ1) is 10.3. The molecule has 0 aliphatic carbocycles. The lowest BCUT2D eigenvalue weighted by Gasteiger charge is -2.04. The summed E-state index contributed by atoms with van der Waals surface area (Å²) >= 11 is 0. The van der Waals surface area contributed by atoms with E-state index in [1.807, 2.05) is 0 Å². The van der Waals surface area contributed by atoms with Gasteiger partial charge < -0.3 is 11.6 Å². The van der Waals surface area contributed by atoms with E-state index in [1.165, 1.54) is 0 Å². The Labute approximate surface area is 76.0 Å². The Morgan fingerprint density at radius 1 is 1.07 bits per heavy atom. The lowest BCUT2D eigenvalue weighted by Crippen LogP contribution is -2.20. The predicted octanol–water partition coefficient (Wildman–Crippen LogP) is 0.822. The highest BCUT2D eigenvalue weighted by Crippen LogP contribution is 2.18. The number of halogens is 4. The maximum Gasteiger partial charge on any atom is 0.172 e. The third-order valence-corrected chi connectivity index (χ3v) is 1.51. The van der Waals surface area contributed by atoms with E-state index in [0.29, 0.717) is 0 Å². The highest BCUT2D eigenvalue weighted by Gasteiger charge is 2.21. The molecule has 7 heteroatoms. The van der Waals surface area contributed by atoms with Gasteiger partial charge in [0.1, 0.15) is 0 Å². The van der Waals surface area contributed by atoms with Gasteiger partial charge in [-0.2, -0.15) is 5.10 Å². The van der Waals surface area contributed by atoms with Crippen molar-refractivity contribution in [2.24, 2.45) is 16.7 Å². The van der Waals surface area contributed by atoms with E-state index in [1.54, 1.807) is 0 Å². The maximum atomic E-state index is 12.9. The summed E-state index contributed by atoms with van der Waals surface area (Å²) in [7, 11) is 0. The monoisotopic (exact) mass is 207 g/mol.